The number of hydrogen-bond acceptors (Lipinski definition) is 2. The van der Waals surface area contributed by atoms with Crippen molar-refractivity contribution in [3.8, 4) is 0 Å². The van der Waals surface area contributed by atoms with Gasteiger partial charge < -0.3 is 10.6 Å². The summed E-state index contributed by atoms with van der Waals surface area (Å²) in [6.07, 6.45) is 0.714. The van der Waals surface area contributed by atoms with E-state index >= 15 is 0 Å². The van der Waals surface area contributed by atoms with Crippen LogP contribution in [0.1, 0.15) is 5.56 Å². The fourth-order valence-corrected chi connectivity index (χ4v) is 1.42. The molecule has 0 aliphatic heterocycles. The van der Waals surface area contributed by atoms with E-state index in [9.17, 15) is 4.39 Å². The molecule has 0 saturated carbocycles. The van der Waals surface area contributed by atoms with E-state index in [-0.39, 0.29) is 5.82 Å². The van der Waals surface area contributed by atoms with Crippen molar-refractivity contribution in [3.05, 3.63) is 29.6 Å². The third kappa shape index (κ3) is 2.18. The second-order valence-corrected chi connectivity index (χ2v) is 3.18. The topological polar surface area (TPSA) is 29.3 Å². The van der Waals surface area contributed by atoms with Crippen molar-refractivity contribution in [1.82, 2.24) is 0 Å². The Morgan fingerprint density at radius 1 is 1.38 bits per heavy atom. The van der Waals surface area contributed by atoms with E-state index in [4.69, 9.17) is 5.73 Å². The summed E-state index contributed by atoms with van der Waals surface area (Å²) in [5.74, 6) is -0.184. The zero-order chi connectivity index (χ0) is 9.84. The summed E-state index contributed by atoms with van der Waals surface area (Å²) < 4.78 is 13.3. The highest BCUT2D eigenvalue weighted by Crippen LogP contribution is 2.22. The summed E-state index contributed by atoms with van der Waals surface area (Å²) in [6, 6.07) is 5.09. The first-order valence-electron chi connectivity index (χ1n) is 4.31. The fourth-order valence-electron chi connectivity index (χ4n) is 1.42. The molecule has 1 rings (SSSR count). The summed E-state index contributed by atoms with van der Waals surface area (Å²) in [7, 11) is 3.66. The first-order valence-corrected chi connectivity index (χ1v) is 4.31. The lowest BCUT2D eigenvalue weighted by molar-refractivity contribution is 0.623. The van der Waals surface area contributed by atoms with Crippen molar-refractivity contribution in [2.24, 2.45) is 5.73 Å². The van der Waals surface area contributed by atoms with Crippen LogP contribution in [0.5, 0.6) is 0 Å². The molecule has 2 nitrogen and oxygen atoms in total. The summed E-state index contributed by atoms with van der Waals surface area (Å²) >= 11 is 0. The average Bonchev–Trinajstić information content (AvgIpc) is 2.04. The van der Waals surface area contributed by atoms with E-state index in [0.717, 1.165) is 5.56 Å². The van der Waals surface area contributed by atoms with Gasteiger partial charge in [-0.15, -0.1) is 0 Å². The number of hydrogen-bond donors (Lipinski definition) is 1. The van der Waals surface area contributed by atoms with Crippen molar-refractivity contribution in [3.63, 3.8) is 0 Å². The molecule has 2 N–H and O–H groups in total. The Morgan fingerprint density at radius 3 is 2.62 bits per heavy atom. The van der Waals surface area contributed by atoms with Crippen LogP contribution in [0, 0.1) is 5.82 Å². The van der Waals surface area contributed by atoms with E-state index in [1.807, 2.05) is 20.2 Å². The van der Waals surface area contributed by atoms with Crippen LogP contribution in [0.3, 0.4) is 0 Å². The van der Waals surface area contributed by atoms with Gasteiger partial charge >= 0.3 is 0 Å². The molecular formula is C10H15FN2. The minimum Gasteiger partial charge on any atom is -0.375 e. The average molecular weight is 182 g/mol. The minimum atomic E-state index is -0.184. The Kier molecular flexibility index (Phi) is 3.25. The summed E-state index contributed by atoms with van der Waals surface area (Å²) in [5, 5.41) is 0. The quantitative estimate of drug-likeness (QED) is 0.765. The highest BCUT2D eigenvalue weighted by Gasteiger charge is 2.08. The van der Waals surface area contributed by atoms with Gasteiger partial charge in [0.15, 0.2) is 0 Å². The van der Waals surface area contributed by atoms with Gasteiger partial charge in [0.25, 0.3) is 0 Å². The van der Waals surface area contributed by atoms with Crippen LogP contribution in [0.25, 0.3) is 0 Å². The lowest BCUT2D eigenvalue weighted by Gasteiger charge is -2.17. The highest BCUT2D eigenvalue weighted by atomic mass is 19.1. The van der Waals surface area contributed by atoms with Gasteiger partial charge in [0, 0.05) is 14.1 Å². The molecule has 0 atom stereocenters. The number of nitrogens with two attached hydrogens (primary N) is 1. The Bertz CT molecular complexity index is 284. The van der Waals surface area contributed by atoms with Crippen LogP contribution in [-0.4, -0.2) is 20.6 Å². The molecule has 0 fully saturated rings. The number of para-hydroxylation sites is 1. The predicted molar refractivity (Wildman–Crippen MR) is 53.5 cm³/mol. The zero-order valence-electron chi connectivity index (χ0n) is 8.05. The second-order valence-electron chi connectivity index (χ2n) is 3.18. The Labute approximate surface area is 78.2 Å². The molecule has 0 aliphatic rings. The van der Waals surface area contributed by atoms with Crippen LogP contribution in [0.4, 0.5) is 10.1 Å². The number of benzene rings is 1. The van der Waals surface area contributed by atoms with Gasteiger partial charge in [-0.1, -0.05) is 12.1 Å². The van der Waals surface area contributed by atoms with Crippen molar-refractivity contribution < 1.29 is 4.39 Å². The third-order valence-corrected chi connectivity index (χ3v) is 1.93. The van der Waals surface area contributed by atoms with E-state index in [1.165, 1.54) is 6.07 Å². The molecule has 0 amide bonds. The van der Waals surface area contributed by atoms with E-state index < -0.39 is 0 Å². The smallest absolute Gasteiger partial charge is 0.146 e. The molecule has 1 aromatic carbocycles. The molecule has 0 radical (unpaired) electrons. The second kappa shape index (κ2) is 4.23. The lowest BCUT2D eigenvalue weighted by Crippen LogP contribution is -2.15. The van der Waals surface area contributed by atoms with Crippen LogP contribution >= 0.6 is 0 Å². The summed E-state index contributed by atoms with van der Waals surface area (Å²) in [5.41, 5.74) is 7.05. The normalized spacial score (nSPS) is 10.2. The molecule has 3 heteroatoms. The van der Waals surface area contributed by atoms with Crippen LogP contribution in [-0.2, 0) is 6.42 Å². The monoisotopic (exact) mass is 182 g/mol. The molecule has 0 saturated heterocycles. The van der Waals surface area contributed by atoms with Crippen molar-refractivity contribution in [1.29, 1.82) is 0 Å². The Balaban J connectivity index is 3.10. The SMILES string of the molecule is CN(C)c1c(F)cccc1CCN. The first kappa shape index (κ1) is 9.99. The highest BCUT2D eigenvalue weighted by molar-refractivity contribution is 5.53. The molecule has 0 spiro atoms. The predicted octanol–water partition coefficient (Wildman–Crippen LogP) is 1.39. The van der Waals surface area contributed by atoms with Gasteiger partial charge in [-0.25, -0.2) is 4.39 Å². The molecule has 0 aromatic heterocycles. The minimum absolute atomic E-state index is 0.184. The molecule has 0 unspecified atom stereocenters. The number of rotatable bonds is 3. The number of halogens is 1. The van der Waals surface area contributed by atoms with Crippen molar-refractivity contribution in [2.45, 2.75) is 6.42 Å². The first-order chi connectivity index (χ1) is 6.16. The molecule has 0 aliphatic carbocycles. The maximum Gasteiger partial charge on any atom is 0.146 e. The van der Waals surface area contributed by atoms with Crippen molar-refractivity contribution in [2.75, 3.05) is 25.5 Å². The Morgan fingerprint density at radius 2 is 2.08 bits per heavy atom. The fraction of sp³-hybridized carbons (Fsp3) is 0.400. The molecular weight excluding hydrogens is 167 g/mol. The standard InChI is InChI=1S/C10H15FN2/c1-13(2)10-8(6-7-12)4-3-5-9(10)11/h3-5H,6-7,12H2,1-2H3. The van der Waals surface area contributed by atoms with Gasteiger partial charge in [-0.2, -0.15) is 0 Å². The summed E-state index contributed by atoms with van der Waals surface area (Å²) in [6.45, 7) is 0.546. The van der Waals surface area contributed by atoms with Gasteiger partial charge in [-0.3, -0.25) is 0 Å². The molecule has 72 valence electrons. The van der Waals surface area contributed by atoms with Crippen LogP contribution in [0.2, 0.25) is 0 Å². The Hall–Kier alpha value is -1.09. The number of nitrogens with zero attached hydrogens (tertiary/aromatic N) is 1. The van der Waals surface area contributed by atoms with Gasteiger partial charge in [-0.05, 0) is 24.6 Å². The molecule has 0 bridgehead atoms. The van der Waals surface area contributed by atoms with E-state index in [2.05, 4.69) is 0 Å². The third-order valence-electron chi connectivity index (χ3n) is 1.93. The maximum atomic E-state index is 13.3. The maximum absolute atomic E-state index is 13.3. The van der Waals surface area contributed by atoms with E-state index in [0.29, 0.717) is 18.7 Å². The van der Waals surface area contributed by atoms with Gasteiger partial charge in [0.05, 0.1) is 5.69 Å². The molecule has 1 aromatic rings. The van der Waals surface area contributed by atoms with Gasteiger partial charge in [0.1, 0.15) is 5.82 Å². The largest absolute Gasteiger partial charge is 0.375 e. The molecule has 13 heavy (non-hydrogen) atoms. The van der Waals surface area contributed by atoms with Gasteiger partial charge in [0.2, 0.25) is 0 Å². The summed E-state index contributed by atoms with van der Waals surface area (Å²) in [4.78, 5) is 1.78. The number of anilines is 1. The zero-order valence-corrected chi connectivity index (χ0v) is 8.05. The lowest BCUT2D eigenvalue weighted by atomic mass is 10.1. The van der Waals surface area contributed by atoms with E-state index in [1.54, 1.807) is 11.0 Å². The van der Waals surface area contributed by atoms with Crippen molar-refractivity contribution >= 4 is 5.69 Å². The molecule has 0 heterocycles. The van der Waals surface area contributed by atoms with Crippen LogP contribution in [0.15, 0.2) is 18.2 Å². The van der Waals surface area contributed by atoms with Crippen LogP contribution < -0.4 is 10.6 Å².